The van der Waals surface area contributed by atoms with Crippen LogP contribution in [0.1, 0.15) is 5.69 Å². The quantitative estimate of drug-likeness (QED) is 0.353. The van der Waals surface area contributed by atoms with Crippen LogP contribution in [-0.4, -0.2) is 66.6 Å². The Morgan fingerprint density at radius 1 is 1.10 bits per heavy atom. The van der Waals surface area contributed by atoms with Gasteiger partial charge in [0, 0.05) is 27.3 Å². The molecule has 0 saturated carbocycles. The SMILES string of the molecule is Cc1ccc(Nc2cc3ncn(COCC[Si](C)(C)C)c3cc2OCCN(C)C)nn1. The summed E-state index contributed by atoms with van der Waals surface area (Å²) in [5.74, 6) is 1.41. The first kappa shape index (κ1) is 23.2. The van der Waals surface area contributed by atoms with Crippen LogP contribution in [-0.2, 0) is 11.5 Å². The molecule has 1 aromatic carbocycles. The normalized spacial score (nSPS) is 12.0. The second kappa shape index (κ2) is 10.2. The van der Waals surface area contributed by atoms with Crippen molar-refractivity contribution in [2.75, 3.05) is 39.2 Å². The van der Waals surface area contributed by atoms with Crippen molar-refractivity contribution < 1.29 is 9.47 Å². The fourth-order valence-corrected chi connectivity index (χ4v) is 3.64. The van der Waals surface area contributed by atoms with Gasteiger partial charge in [-0.1, -0.05) is 19.6 Å². The van der Waals surface area contributed by atoms with E-state index in [4.69, 9.17) is 9.47 Å². The molecular formula is C22H34N6O2Si. The zero-order valence-corrected chi connectivity index (χ0v) is 20.5. The molecule has 0 amide bonds. The van der Waals surface area contributed by atoms with Gasteiger partial charge in [-0.25, -0.2) is 4.98 Å². The largest absolute Gasteiger partial charge is 0.490 e. The van der Waals surface area contributed by atoms with Gasteiger partial charge < -0.3 is 24.3 Å². The first-order chi connectivity index (χ1) is 14.7. The minimum Gasteiger partial charge on any atom is -0.490 e. The number of anilines is 2. The van der Waals surface area contributed by atoms with Gasteiger partial charge in [0.15, 0.2) is 5.82 Å². The van der Waals surface area contributed by atoms with E-state index in [9.17, 15) is 0 Å². The predicted molar refractivity (Wildman–Crippen MR) is 128 cm³/mol. The van der Waals surface area contributed by atoms with Crippen molar-refractivity contribution in [2.24, 2.45) is 0 Å². The molecule has 0 aliphatic heterocycles. The van der Waals surface area contributed by atoms with Crippen LogP contribution in [0.5, 0.6) is 5.75 Å². The lowest BCUT2D eigenvalue weighted by molar-refractivity contribution is 0.0898. The Morgan fingerprint density at radius 2 is 1.90 bits per heavy atom. The highest BCUT2D eigenvalue weighted by molar-refractivity contribution is 6.76. The number of aryl methyl sites for hydroxylation is 1. The van der Waals surface area contributed by atoms with Crippen molar-refractivity contribution in [2.45, 2.75) is 39.3 Å². The number of hydrogen-bond donors (Lipinski definition) is 1. The van der Waals surface area contributed by atoms with Crippen LogP contribution in [0, 0.1) is 6.92 Å². The molecule has 1 N–H and O–H groups in total. The molecule has 0 aliphatic carbocycles. The monoisotopic (exact) mass is 442 g/mol. The van der Waals surface area contributed by atoms with Crippen molar-refractivity contribution >= 4 is 30.6 Å². The van der Waals surface area contributed by atoms with Crippen LogP contribution in [0.2, 0.25) is 25.7 Å². The molecule has 0 saturated heterocycles. The highest BCUT2D eigenvalue weighted by atomic mass is 28.3. The van der Waals surface area contributed by atoms with Crippen LogP contribution < -0.4 is 10.1 Å². The molecule has 0 atom stereocenters. The Bertz CT molecular complexity index is 982. The van der Waals surface area contributed by atoms with Crippen LogP contribution >= 0.6 is 0 Å². The number of likely N-dealkylation sites (N-methyl/N-ethyl adjacent to an activating group) is 1. The van der Waals surface area contributed by atoms with E-state index in [-0.39, 0.29) is 0 Å². The maximum atomic E-state index is 6.12. The van der Waals surface area contributed by atoms with Crippen LogP contribution in [0.4, 0.5) is 11.5 Å². The molecule has 9 heteroatoms. The topological polar surface area (TPSA) is 77.3 Å². The van der Waals surface area contributed by atoms with Crippen LogP contribution in [0.15, 0.2) is 30.6 Å². The predicted octanol–water partition coefficient (Wildman–Crippen LogP) is 4.13. The lowest BCUT2D eigenvalue weighted by Crippen LogP contribution is -2.22. The fraction of sp³-hybridized carbons (Fsp3) is 0.500. The molecule has 0 aliphatic rings. The highest BCUT2D eigenvalue weighted by Crippen LogP contribution is 2.32. The Balaban J connectivity index is 1.81. The molecule has 3 rings (SSSR count). The number of ether oxygens (including phenoxy) is 2. The molecule has 0 unspecified atom stereocenters. The van der Waals surface area contributed by atoms with Crippen molar-refractivity contribution in [3.8, 4) is 5.75 Å². The molecule has 2 aromatic heterocycles. The summed E-state index contributed by atoms with van der Waals surface area (Å²) in [4.78, 5) is 6.65. The van der Waals surface area contributed by atoms with E-state index in [1.807, 2.05) is 56.2 Å². The van der Waals surface area contributed by atoms with Crippen LogP contribution in [0.3, 0.4) is 0 Å². The molecular weight excluding hydrogens is 408 g/mol. The van der Waals surface area contributed by atoms with Gasteiger partial charge in [0.25, 0.3) is 0 Å². The van der Waals surface area contributed by atoms with Gasteiger partial charge in [-0.05, 0) is 45.3 Å². The van der Waals surface area contributed by atoms with E-state index in [0.717, 1.165) is 47.4 Å². The number of aromatic nitrogens is 4. The van der Waals surface area contributed by atoms with Crippen molar-refractivity contribution in [1.82, 2.24) is 24.6 Å². The first-order valence-corrected chi connectivity index (χ1v) is 14.3. The van der Waals surface area contributed by atoms with Crippen LogP contribution in [0.25, 0.3) is 11.0 Å². The van der Waals surface area contributed by atoms with Gasteiger partial charge in [0.1, 0.15) is 19.1 Å². The minimum absolute atomic E-state index is 0.480. The number of rotatable bonds is 11. The third-order valence-electron chi connectivity index (χ3n) is 4.81. The number of nitrogens with zero attached hydrogens (tertiary/aromatic N) is 5. The molecule has 0 fully saturated rings. The van der Waals surface area contributed by atoms with E-state index >= 15 is 0 Å². The third-order valence-corrected chi connectivity index (χ3v) is 6.51. The fourth-order valence-electron chi connectivity index (χ4n) is 2.89. The molecule has 0 bridgehead atoms. The molecule has 168 valence electrons. The van der Waals surface area contributed by atoms with E-state index in [1.54, 1.807) is 0 Å². The number of nitrogens with one attached hydrogen (secondary N) is 1. The van der Waals surface area contributed by atoms with Gasteiger partial charge in [0.05, 0.1) is 28.7 Å². The van der Waals surface area contributed by atoms with Gasteiger partial charge in [-0.2, -0.15) is 5.10 Å². The highest BCUT2D eigenvalue weighted by Gasteiger charge is 2.14. The Morgan fingerprint density at radius 3 is 2.58 bits per heavy atom. The Kier molecular flexibility index (Phi) is 7.63. The second-order valence-corrected chi connectivity index (χ2v) is 14.9. The number of imidazole rings is 1. The number of fused-ring (bicyclic) bond motifs is 1. The second-order valence-electron chi connectivity index (χ2n) is 9.24. The lowest BCUT2D eigenvalue weighted by Gasteiger charge is -2.17. The maximum Gasteiger partial charge on any atom is 0.153 e. The maximum absolute atomic E-state index is 6.12. The van der Waals surface area contributed by atoms with E-state index < -0.39 is 8.07 Å². The van der Waals surface area contributed by atoms with Gasteiger partial charge in [0.2, 0.25) is 0 Å². The molecule has 8 nitrogen and oxygen atoms in total. The van der Waals surface area contributed by atoms with E-state index in [2.05, 4.69) is 45.0 Å². The zero-order valence-electron chi connectivity index (χ0n) is 19.5. The van der Waals surface area contributed by atoms with Gasteiger partial charge >= 0.3 is 0 Å². The smallest absolute Gasteiger partial charge is 0.153 e. The minimum atomic E-state index is -1.11. The Hall–Kier alpha value is -2.49. The number of benzene rings is 1. The van der Waals surface area contributed by atoms with Crippen molar-refractivity contribution in [1.29, 1.82) is 0 Å². The summed E-state index contributed by atoms with van der Waals surface area (Å²) in [6.07, 6.45) is 1.82. The summed E-state index contributed by atoms with van der Waals surface area (Å²) in [5, 5.41) is 11.7. The van der Waals surface area contributed by atoms with Crippen molar-refractivity contribution in [3.63, 3.8) is 0 Å². The van der Waals surface area contributed by atoms with E-state index in [1.165, 1.54) is 0 Å². The summed E-state index contributed by atoms with van der Waals surface area (Å²) in [6.45, 7) is 11.6. The summed E-state index contributed by atoms with van der Waals surface area (Å²) < 4.78 is 14.1. The summed E-state index contributed by atoms with van der Waals surface area (Å²) in [6, 6.07) is 8.97. The lowest BCUT2D eigenvalue weighted by atomic mass is 10.2. The Labute approximate surface area is 185 Å². The van der Waals surface area contributed by atoms with E-state index in [0.29, 0.717) is 19.2 Å². The number of hydrogen-bond acceptors (Lipinski definition) is 7. The van der Waals surface area contributed by atoms with Gasteiger partial charge in [-0.3, -0.25) is 0 Å². The molecule has 0 spiro atoms. The third kappa shape index (κ3) is 7.02. The molecule has 0 radical (unpaired) electrons. The zero-order chi connectivity index (χ0) is 22.4. The average Bonchev–Trinajstić information content (AvgIpc) is 3.08. The standard InChI is InChI=1S/C22H34N6O2Si/c1-17-7-8-22(26-25-17)24-19-13-18-20(14-21(19)30-10-9-27(2)3)28(15-23-18)16-29-11-12-31(4,5)6/h7-8,13-15H,9-12,16H2,1-6H3,(H,24,26). The van der Waals surface area contributed by atoms with Gasteiger partial charge in [-0.15, -0.1) is 5.10 Å². The summed E-state index contributed by atoms with van der Waals surface area (Å²) in [7, 11) is 2.95. The molecule has 31 heavy (non-hydrogen) atoms. The van der Waals surface area contributed by atoms with Crippen molar-refractivity contribution in [3.05, 3.63) is 36.3 Å². The summed E-state index contributed by atoms with van der Waals surface area (Å²) in [5.41, 5.74) is 3.54. The average molecular weight is 443 g/mol. The molecule has 2 heterocycles. The first-order valence-electron chi connectivity index (χ1n) is 10.6. The molecule has 3 aromatic rings. The summed E-state index contributed by atoms with van der Waals surface area (Å²) >= 11 is 0.